The molecule has 0 radical (unpaired) electrons. The molecule has 2 aromatic rings. The Labute approximate surface area is 136 Å². The number of hydrogen-bond donors (Lipinski definition) is 1. The van der Waals surface area contributed by atoms with Crippen molar-refractivity contribution in [1.29, 1.82) is 0 Å². The van der Waals surface area contributed by atoms with Crippen molar-refractivity contribution in [3.63, 3.8) is 0 Å². The molecule has 0 aliphatic rings. The molecule has 1 N–H and O–H groups in total. The predicted molar refractivity (Wildman–Crippen MR) is 87.2 cm³/mol. The lowest BCUT2D eigenvalue weighted by Crippen LogP contribution is -2.30. The Morgan fingerprint density at radius 2 is 2.09 bits per heavy atom. The van der Waals surface area contributed by atoms with Crippen LogP contribution in [-0.2, 0) is 25.0 Å². The molecular formula is C17H23N3O3. The molecule has 0 bridgehead atoms. The first-order valence-corrected chi connectivity index (χ1v) is 7.70. The molecule has 0 aliphatic carbocycles. The maximum atomic E-state index is 10.9. The number of benzene rings is 1. The number of aliphatic carboxylic acids is 1. The minimum absolute atomic E-state index is 0.0608. The fourth-order valence-electron chi connectivity index (χ4n) is 2.35. The van der Waals surface area contributed by atoms with Gasteiger partial charge in [-0.2, -0.15) is 0 Å². The number of carbonyl (C=O) groups is 1. The second kappa shape index (κ2) is 8.33. The molecule has 0 unspecified atom stereocenters. The van der Waals surface area contributed by atoms with E-state index in [2.05, 4.69) is 4.98 Å². The van der Waals surface area contributed by atoms with Crippen LogP contribution >= 0.6 is 0 Å². The van der Waals surface area contributed by atoms with Crippen molar-refractivity contribution >= 4 is 5.97 Å². The highest BCUT2D eigenvalue weighted by Crippen LogP contribution is 2.15. The second-order valence-electron chi connectivity index (χ2n) is 5.49. The van der Waals surface area contributed by atoms with Crippen molar-refractivity contribution in [2.45, 2.75) is 26.5 Å². The number of aryl methyl sites for hydroxylation is 1. The highest BCUT2D eigenvalue weighted by atomic mass is 16.5. The van der Waals surface area contributed by atoms with Gasteiger partial charge in [0.1, 0.15) is 18.2 Å². The van der Waals surface area contributed by atoms with Gasteiger partial charge in [0.25, 0.3) is 0 Å². The summed E-state index contributed by atoms with van der Waals surface area (Å²) in [6.07, 6.45) is 4.55. The van der Waals surface area contributed by atoms with E-state index in [1.165, 1.54) is 0 Å². The standard InChI is InChI=1S/C17H23N3O3/c1-3-9-20(12-17(21)22)11-14-4-6-15(7-5-14)23-13-16-18-8-10-19(16)2/h4-8,10H,3,9,11-13H2,1-2H3,(H,21,22). The van der Waals surface area contributed by atoms with Gasteiger partial charge in [-0.1, -0.05) is 19.1 Å². The topological polar surface area (TPSA) is 67.6 Å². The Balaban J connectivity index is 1.90. The fourth-order valence-corrected chi connectivity index (χ4v) is 2.35. The molecule has 0 aliphatic heterocycles. The van der Waals surface area contributed by atoms with Gasteiger partial charge in [-0.15, -0.1) is 0 Å². The van der Waals surface area contributed by atoms with E-state index in [1.54, 1.807) is 6.20 Å². The van der Waals surface area contributed by atoms with Gasteiger partial charge in [-0.05, 0) is 30.7 Å². The first-order chi connectivity index (χ1) is 11.1. The Bertz CT molecular complexity index is 622. The highest BCUT2D eigenvalue weighted by molar-refractivity contribution is 5.69. The van der Waals surface area contributed by atoms with E-state index in [0.29, 0.717) is 13.2 Å². The zero-order valence-corrected chi connectivity index (χ0v) is 13.6. The first kappa shape index (κ1) is 17.0. The Morgan fingerprint density at radius 1 is 1.35 bits per heavy atom. The van der Waals surface area contributed by atoms with Crippen LogP contribution in [0.1, 0.15) is 24.7 Å². The Kier molecular flexibility index (Phi) is 6.17. The highest BCUT2D eigenvalue weighted by Gasteiger charge is 2.09. The molecule has 0 atom stereocenters. The number of ether oxygens (including phenoxy) is 1. The average molecular weight is 317 g/mol. The van der Waals surface area contributed by atoms with Gasteiger partial charge in [0, 0.05) is 26.0 Å². The van der Waals surface area contributed by atoms with Crippen LogP contribution in [0, 0.1) is 0 Å². The van der Waals surface area contributed by atoms with Gasteiger partial charge in [0.05, 0.1) is 6.54 Å². The summed E-state index contributed by atoms with van der Waals surface area (Å²) < 4.78 is 7.63. The maximum Gasteiger partial charge on any atom is 0.317 e. The predicted octanol–water partition coefficient (Wildman–Crippen LogP) is 2.30. The van der Waals surface area contributed by atoms with E-state index in [0.717, 1.165) is 30.1 Å². The molecule has 2 rings (SSSR count). The van der Waals surface area contributed by atoms with Gasteiger partial charge in [-0.25, -0.2) is 4.98 Å². The number of nitrogens with zero attached hydrogens (tertiary/aromatic N) is 3. The van der Waals surface area contributed by atoms with E-state index >= 15 is 0 Å². The third kappa shape index (κ3) is 5.41. The van der Waals surface area contributed by atoms with Crippen molar-refractivity contribution in [3.05, 3.63) is 48.0 Å². The third-order valence-corrected chi connectivity index (χ3v) is 3.52. The molecule has 0 spiro atoms. The van der Waals surface area contributed by atoms with E-state index in [-0.39, 0.29) is 6.54 Å². The van der Waals surface area contributed by atoms with Gasteiger partial charge >= 0.3 is 5.97 Å². The molecule has 1 aromatic carbocycles. The maximum absolute atomic E-state index is 10.9. The molecule has 0 fully saturated rings. The van der Waals surface area contributed by atoms with Gasteiger partial charge in [0.15, 0.2) is 0 Å². The zero-order chi connectivity index (χ0) is 16.7. The van der Waals surface area contributed by atoms with Crippen LogP contribution in [0.3, 0.4) is 0 Å². The second-order valence-corrected chi connectivity index (χ2v) is 5.49. The van der Waals surface area contributed by atoms with E-state index in [4.69, 9.17) is 9.84 Å². The summed E-state index contributed by atoms with van der Waals surface area (Å²) in [5.74, 6) is 0.843. The molecule has 6 heteroatoms. The van der Waals surface area contributed by atoms with E-state index < -0.39 is 5.97 Å². The lowest BCUT2D eigenvalue weighted by Gasteiger charge is -2.19. The van der Waals surface area contributed by atoms with Gasteiger partial charge in [0.2, 0.25) is 0 Å². The molecule has 23 heavy (non-hydrogen) atoms. The first-order valence-electron chi connectivity index (χ1n) is 7.70. The van der Waals surface area contributed by atoms with Crippen LogP contribution in [0.15, 0.2) is 36.7 Å². The summed E-state index contributed by atoms with van der Waals surface area (Å²) in [4.78, 5) is 17.0. The normalized spacial score (nSPS) is 10.9. The molecule has 6 nitrogen and oxygen atoms in total. The molecule has 0 amide bonds. The summed E-state index contributed by atoms with van der Waals surface area (Å²) in [5, 5.41) is 8.95. The van der Waals surface area contributed by atoms with Crippen LogP contribution in [0.5, 0.6) is 5.75 Å². The van der Waals surface area contributed by atoms with Crippen molar-refractivity contribution in [2.24, 2.45) is 7.05 Å². The molecular weight excluding hydrogens is 294 g/mol. The lowest BCUT2D eigenvalue weighted by atomic mass is 10.2. The van der Waals surface area contributed by atoms with Gasteiger partial charge in [-0.3, -0.25) is 9.69 Å². The molecule has 0 saturated carbocycles. The van der Waals surface area contributed by atoms with Crippen molar-refractivity contribution in [3.8, 4) is 5.75 Å². The summed E-state index contributed by atoms with van der Waals surface area (Å²) in [5.41, 5.74) is 1.07. The number of imidazole rings is 1. The van der Waals surface area contributed by atoms with E-state index in [1.807, 2.05) is 53.9 Å². The average Bonchev–Trinajstić information content (AvgIpc) is 2.91. The lowest BCUT2D eigenvalue weighted by molar-refractivity contribution is -0.138. The van der Waals surface area contributed by atoms with Gasteiger partial charge < -0.3 is 14.4 Å². The Hall–Kier alpha value is -2.34. The van der Waals surface area contributed by atoms with Crippen LogP contribution in [0.4, 0.5) is 0 Å². The van der Waals surface area contributed by atoms with Crippen LogP contribution < -0.4 is 4.74 Å². The van der Waals surface area contributed by atoms with Crippen LogP contribution in [0.25, 0.3) is 0 Å². The number of hydrogen-bond acceptors (Lipinski definition) is 4. The smallest absolute Gasteiger partial charge is 0.317 e. The molecule has 0 saturated heterocycles. The number of carboxylic acids is 1. The quantitative estimate of drug-likeness (QED) is 0.768. The summed E-state index contributed by atoms with van der Waals surface area (Å²) in [7, 11) is 1.93. The summed E-state index contributed by atoms with van der Waals surface area (Å²) in [6.45, 7) is 3.92. The Morgan fingerprint density at radius 3 is 2.65 bits per heavy atom. The molecule has 1 heterocycles. The SMILES string of the molecule is CCCN(CC(=O)O)Cc1ccc(OCc2nccn2C)cc1. The van der Waals surface area contributed by atoms with Crippen molar-refractivity contribution < 1.29 is 14.6 Å². The van der Waals surface area contributed by atoms with Crippen LogP contribution in [0.2, 0.25) is 0 Å². The largest absolute Gasteiger partial charge is 0.486 e. The zero-order valence-electron chi connectivity index (χ0n) is 13.6. The summed E-state index contributed by atoms with van der Waals surface area (Å²) in [6, 6.07) is 7.75. The number of aromatic nitrogens is 2. The van der Waals surface area contributed by atoms with Crippen molar-refractivity contribution in [2.75, 3.05) is 13.1 Å². The minimum atomic E-state index is -0.798. The number of rotatable bonds is 9. The van der Waals surface area contributed by atoms with Crippen molar-refractivity contribution in [1.82, 2.24) is 14.5 Å². The fraction of sp³-hybridized carbons (Fsp3) is 0.412. The monoisotopic (exact) mass is 317 g/mol. The third-order valence-electron chi connectivity index (χ3n) is 3.52. The molecule has 124 valence electrons. The van der Waals surface area contributed by atoms with Crippen LogP contribution in [-0.4, -0.2) is 38.6 Å². The summed E-state index contributed by atoms with van der Waals surface area (Å²) >= 11 is 0. The molecule has 1 aromatic heterocycles. The number of carboxylic acid groups (broad SMARTS) is 1. The van der Waals surface area contributed by atoms with E-state index in [9.17, 15) is 4.79 Å². The minimum Gasteiger partial charge on any atom is -0.486 e.